The van der Waals surface area contributed by atoms with Gasteiger partial charge in [-0.15, -0.1) is 0 Å². The Labute approximate surface area is 217 Å². The smallest absolute Gasteiger partial charge is 0.303 e. The van der Waals surface area contributed by atoms with Gasteiger partial charge in [-0.1, -0.05) is 13.8 Å². The molecule has 4 rings (SSSR count). The minimum absolute atomic E-state index is 0.0267. The van der Waals surface area contributed by atoms with Crippen molar-refractivity contribution in [3.05, 3.63) is 23.7 Å². The maximum atomic E-state index is 12.2. The van der Waals surface area contributed by atoms with E-state index in [0.717, 1.165) is 30.4 Å². The average molecular weight is 519 g/mol. The zero-order chi connectivity index (χ0) is 27.2. The molecule has 0 N–H and O–H groups in total. The molecule has 0 aliphatic heterocycles. The van der Waals surface area contributed by atoms with Crippen LogP contribution < -0.4 is 0 Å². The van der Waals surface area contributed by atoms with Crippen molar-refractivity contribution in [2.75, 3.05) is 13.2 Å². The third-order valence-corrected chi connectivity index (χ3v) is 9.27. The van der Waals surface area contributed by atoms with E-state index < -0.39 is 46.4 Å². The van der Waals surface area contributed by atoms with Crippen LogP contribution in [0.1, 0.15) is 78.4 Å². The van der Waals surface area contributed by atoms with Gasteiger partial charge in [0.05, 0.1) is 12.5 Å². The quantitative estimate of drug-likeness (QED) is 0.408. The van der Waals surface area contributed by atoms with Gasteiger partial charge in [-0.2, -0.15) is 0 Å². The Hall–Kier alpha value is -2.84. The first-order chi connectivity index (χ1) is 17.3. The molecule has 2 saturated carbocycles. The van der Waals surface area contributed by atoms with E-state index in [4.69, 9.17) is 23.4 Å². The van der Waals surface area contributed by atoms with Gasteiger partial charge in [0.25, 0.3) is 0 Å². The van der Waals surface area contributed by atoms with Crippen molar-refractivity contribution < 1.29 is 42.5 Å². The van der Waals surface area contributed by atoms with Crippen molar-refractivity contribution in [1.29, 1.82) is 0 Å². The molecular formula is C28H38O9. The van der Waals surface area contributed by atoms with Gasteiger partial charge in [-0.3, -0.25) is 19.2 Å². The largest absolute Gasteiger partial charge is 0.472 e. The number of carbonyl (C=O) groups is 4. The van der Waals surface area contributed by atoms with E-state index in [9.17, 15) is 19.2 Å². The Balaban J connectivity index is 1.84. The lowest BCUT2D eigenvalue weighted by atomic mass is 9.39. The first-order valence-corrected chi connectivity index (χ1v) is 13.0. The molecule has 0 bridgehead atoms. The lowest BCUT2D eigenvalue weighted by Crippen LogP contribution is -2.68. The highest BCUT2D eigenvalue weighted by molar-refractivity contribution is 5.68. The lowest BCUT2D eigenvalue weighted by molar-refractivity contribution is -0.243. The van der Waals surface area contributed by atoms with Crippen LogP contribution in [0.2, 0.25) is 0 Å². The van der Waals surface area contributed by atoms with Crippen LogP contribution in [-0.4, -0.2) is 49.3 Å². The molecule has 9 nitrogen and oxygen atoms in total. The third-order valence-electron chi connectivity index (χ3n) is 9.27. The normalized spacial score (nSPS) is 36.3. The predicted molar refractivity (Wildman–Crippen MR) is 130 cm³/mol. The van der Waals surface area contributed by atoms with Crippen LogP contribution >= 0.6 is 0 Å². The second-order valence-corrected chi connectivity index (χ2v) is 11.6. The first kappa shape index (κ1) is 27.2. The summed E-state index contributed by atoms with van der Waals surface area (Å²) in [5, 5.41) is 0. The van der Waals surface area contributed by atoms with Crippen LogP contribution in [0.15, 0.2) is 16.9 Å². The molecule has 0 spiro atoms. The summed E-state index contributed by atoms with van der Waals surface area (Å²) in [4.78, 5) is 48.3. The SMILES string of the molecule is CC(=O)OC[C@@]12CC[C@@H]3[C@](C)(C[C@H](OC(C)=O)[C@H](OC(C)=O)[C@]3(C)COC(C)=O)[C@H]1CCc1cocc12. The molecule has 204 valence electrons. The lowest BCUT2D eigenvalue weighted by Gasteiger charge is -2.66. The number of rotatable bonds is 6. The van der Waals surface area contributed by atoms with Crippen molar-refractivity contribution in [1.82, 2.24) is 0 Å². The third kappa shape index (κ3) is 4.66. The number of esters is 4. The highest BCUT2D eigenvalue weighted by Gasteiger charge is 2.68. The molecule has 37 heavy (non-hydrogen) atoms. The Morgan fingerprint density at radius 3 is 2.14 bits per heavy atom. The average Bonchev–Trinajstić information content (AvgIpc) is 3.28. The molecule has 3 aliphatic rings. The number of ether oxygens (including phenoxy) is 4. The van der Waals surface area contributed by atoms with Gasteiger partial charge < -0.3 is 23.4 Å². The molecular weight excluding hydrogens is 480 g/mol. The maximum Gasteiger partial charge on any atom is 0.303 e. The molecule has 0 saturated heterocycles. The summed E-state index contributed by atoms with van der Waals surface area (Å²) in [5.74, 6) is -1.70. The topological polar surface area (TPSA) is 118 Å². The molecule has 0 amide bonds. The summed E-state index contributed by atoms with van der Waals surface area (Å²) in [5.41, 5.74) is 0.499. The van der Waals surface area contributed by atoms with Gasteiger partial charge in [0.1, 0.15) is 25.4 Å². The number of aryl methyl sites for hydroxylation is 1. The fourth-order valence-corrected chi connectivity index (χ4v) is 8.12. The highest BCUT2D eigenvalue weighted by atomic mass is 16.6. The molecule has 0 unspecified atom stereocenters. The monoisotopic (exact) mass is 518 g/mol. The van der Waals surface area contributed by atoms with Gasteiger partial charge in [-0.25, -0.2) is 0 Å². The molecule has 2 fully saturated rings. The standard InChI is InChI=1S/C28H38O9/c1-16(29)34-14-27(6)23-9-10-28(15-35-17(2)30)21-13-33-12-20(21)7-8-24(28)26(23,5)11-22(36-18(3)31)25(27)37-19(4)32/h12-13,22-25H,7-11,14-15H2,1-6H3/t22-,23+,24+,25-,26-,27+,28+/m0/s1. The fraction of sp³-hybridized carbons (Fsp3) is 0.714. The summed E-state index contributed by atoms with van der Waals surface area (Å²) in [6.07, 6.45) is 5.59. The summed E-state index contributed by atoms with van der Waals surface area (Å²) in [6.45, 7) is 9.85. The van der Waals surface area contributed by atoms with E-state index in [0.29, 0.717) is 12.8 Å². The van der Waals surface area contributed by atoms with E-state index in [1.807, 2.05) is 6.92 Å². The van der Waals surface area contributed by atoms with Crippen molar-refractivity contribution in [3.8, 4) is 0 Å². The van der Waals surface area contributed by atoms with Crippen LogP contribution in [0.3, 0.4) is 0 Å². The number of fused-ring (bicyclic) bond motifs is 5. The van der Waals surface area contributed by atoms with Crippen LogP contribution in [0.5, 0.6) is 0 Å². The van der Waals surface area contributed by atoms with Crippen LogP contribution in [-0.2, 0) is 50.0 Å². The van der Waals surface area contributed by atoms with Gasteiger partial charge in [0.2, 0.25) is 0 Å². The van der Waals surface area contributed by atoms with Gasteiger partial charge >= 0.3 is 23.9 Å². The van der Waals surface area contributed by atoms with E-state index in [1.54, 1.807) is 12.5 Å². The summed E-state index contributed by atoms with van der Waals surface area (Å²) >= 11 is 0. The maximum absolute atomic E-state index is 12.2. The van der Waals surface area contributed by atoms with E-state index in [-0.39, 0.29) is 31.0 Å². The number of hydrogen-bond acceptors (Lipinski definition) is 9. The molecule has 0 aromatic carbocycles. The Morgan fingerprint density at radius 2 is 1.51 bits per heavy atom. The molecule has 3 aliphatic carbocycles. The van der Waals surface area contributed by atoms with E-state index in [2.05, 4.69) is 6.92 Å². The molecule has 1 heterocycles. The van der Waals surface area contributed by atoms with Crippen LogP contribution in [0, 0.1) is 22.7 Å². The van der Waals surface area contributed by atoms with Gasteiger partial charge in [0, 0.05) is 44.1 Å². The number of carbonyl (C=O) groups excluding carboxylic acids is 4. The highest BCUT2D eigenvalue weighted by Crippen LogP contribution is 2.67. The minimum Gasteiger partial charge on any atom is -0.472 e. The first-order valence-electron chi connectivity index (χ1n) is 13.0. The Bertz CT molecular complexity index is 1080. The summed E-state index contributed by atoms with van der Waals surface area (Å²) < 4.78 is 28.6. The molecule has 0 radical (unpaired) electrons. The number of furan rings is 1. The Kier molecular flexibility index (Phi) is 7.20. The zero-order valence-electron chi connectivity index (χ0n) is 22.6. The van der Waals surface area contributed by atoms with E-state index >= 15 is 0 Å². The molecule has 9 heteroatoms. The van der Waals surface area contributed by atoms with Gasteiger partial charge in [-0.05, 0) is 54.9 Å². The second-order valence-electron chi connectivity index (χ2n) is 11.6. The van der Waals surface area contributed by atoms with E-state index in [1.165, 1.54) is 27.7 Å². The number of hydrogen-bond donors (Lipinski definition) is 0. The van der Waals surface area contributed by atoms with Crippen LogP contribution in [0.4, 0.5) is 0 Å². The Morgan fingerprint density at radius 1 is 0.865 bits per heavy atom. The van der Waals surface area contributed by atoms with Crippen LogP contribution in [0.25, 0.3) is 0 Å². The molecule has 1 aromatic rings. The predicted octanol–water partition coefficient (Wildman–Crippen LogP) is 3.90. The second kappa shape index (κ2) is 9.80. The molecule has 7 atom stereocenters. The van der Waals surface area contributed by atoms with Crippen molar-refractivity contribution in [3.63, 3.8) is 0 Å². The fourth-order valence-electron chi connectivity index (χ4n) is 8.12. The van der Waals surface area contributed by atoms with Crippen molar-refractivity contribution >= 4 is 23.9 Å². The minimum atomic E-state index is -0.811. The zero-order valence-corrected chi connectivity index (χ0v) is 22.6. The van der Waals surface area contributed by atoms with Gasteiger partial charge in [0.15, 0.2) is 0 Å². The molecule has 1 aromatic heterocycles. The van der Waals surface area contributed by atoms with Crippen molar-refractivity contribution in [2.45, 2.75) is 91.3 Å². The summed E-state index contributed by atoms with van der Waals surface area (Å²) in [7, 11) is 0. The van der Waals surface area contributed by atoms with Crippen molar-refractivity contribution in [2.24, 2.45) is 22.7 Å². The summed E-state index contributed by atoms with van der Waals surface area (Å²) in [6, 6.07) is 0.